The van der Waals surface area contributed by atoms with Gasteiger partial charge in [0.05, 0.1) is 5.39 Å². The van der Waals surface area contributed by atoms with E-state index in [1.807, 2.05) is 36.4 Å². The summed E-state index contributed by atoms with van der Waals surface area (Å²) in [7, 11) is 0. The molecule has 150 valence electrons. The number of hydrogen-bond donors (Lipinski definition) is 0. The lowest BCUT2D eigenvalue weighted by Crippen LogP contribution is -2.49. The van der Waals surface area contributed by atoms with Crippen molar-refractivity contribution in [3.05, 3.63) is 73.1 Å². The van der Waals surface area contributed by atoms with E-state index in [1.165, 1.54) is 10.4 Å². The zero-order chi connectivity index (χ0) is 20.3. The van der Waals surface area contributed by atoms with Crippen LogP contribution in [0.3, 0.4) is 0 Å². The predicted octanol–water partition coefficient (Wildman–Crippen LogP) is 4.68. The first-order valence-corrected chi connectivity index (χ1v) is 10.7. The summed E-state index contributed by atoms with van der Waals surface area (Å²) in [6.45, 7) is 2.58. The maximum Gasteiger partial charge on any atom is 0.415 e. The van der Waals surface area contributed by atoms with Crippen molar-refractivity contribution in [1.29, 1.82) is 0 Å². The molecule has 5 rings (SSSR count). The average molecular weight is 417 g/mol. The Hall–Kier alpha value is -3.45. The molecule has 4 aromatic rings. The van der Waals surface area contributed by atoms with Gasteiger partial charge in [-0.15, -0.1) is 11.3 Å². The van der Waals surface area contributed by atoms with Gasteiger partial charge in [-0.25, -0.2) is 14.8 Å². The first kappa shape index (κ1) is 18.6. The highest BCUT2D eigenvalue weighted by molar-refractivity contribution is 7.21. The van der Waals surface area contributed by atoms with Gasteiger partial charge in [0, 0.05) is 31.1 Å². The van der Waals surface area contributed by atoms with Gasteiger partial charge in [0.15, 0.2) is 0 Å². The molecule has 3 heterocycles. The SMILES string of the molecule is O=C(Oc1ccccc1)N1CCN(c2ncnc3sc(-c4ccccc4)cc23)CC1. The van der Waals surface area contributed by atoms with Gasteiger partial charge in [0.2, 0.25) is 0 Å². The van der Waals surface area contributed by atoms with Gasteiger partial charge >= 0.3 is 6.09 Å². The lowest BCUT2D eigenvalue weighted by molar-refractivity contribution is 0.149. The van der Waals surface area contributed by atoms with Gasteiger partial charge in [0.25, 0.3) is 0 Å². The molecule has 1 fully saturated rings. The lowest BCUT2D eigenvalue weighted by atomic mass is 10.2. The maximum atomic E-state index is 12.4. The second kappa shape index (κ2) is 8.12. The number of para-hydroxylation sites is 1. The van der Waals surface area contributed by atoms with E-state index in [2.05, 4.69) is 33.1 Å². The highest BCUT2D eigenvalue weighted by atomic mass is 32.1. The molecular weight excluding hydrogens is 396 g/mol. The van der Waals surface area contributed by atoms with Crippen LogP contribution in [0.1, 0.15) is 0 Å². The average Bonchev–Trinajstić information content (AvgIpc) is 3.25. The number of nitrogens with zero attached hydrogens (tertiary/aromatic N) is 4. The Bertz CT molecular complexity index is 1160. The van der Waals surface area contributed by atoms with Gasteiger partial charge in [-0.1, -0.05) is 48.5 Å². The van der Waals surface area contributed by atoms with Crippen molar-refractivity contribution in [3.63, 3.8) is 0 Å². The largest absolute Gasteiger partial charge is 0.415 e. The van der Waals surface area contributed by atoms with Crippen LogP contribution in [0.2, 0.25) is 0 Å². The molecule has 2 aromatic carbocycles. The summed E-state index contributed by atoms with van der Waals surface area (Å²) in [4.78, 5) is 27.6. The van der Waals surface area contributed by atoms with Crippen molar-refractivity contribution in [2.45, 2.75) is 0 Å². The lowest BCUT2D eigenvalue weighted by Gasteiger charge is -2.34. The van der Waals surface area contributed by atoms with Crippen molar-refractivity contribution in [3.8, 4) is 16.2 Å². The summed E-state index contributed by atoms with van der Waals surface area (Å²) < 4.78 is 5.46. The Morgan fingerprint density at radius 3 is 2.33 bits per heavy atom. The summed E-state index contributed by atoms with van der Waals surface area (Å²) in [5.74, 6) is 1.49. The van der Waals surface area contributed by atoms with Crippen molar-refractivity contribution in [1.82, 2.24) is 14.9 Å². The van der Waals surface area contributed by atoms with E-state index >= 15 is 0 Å². The third-order valence-electron chi connectivity index (χ3n) is 5.15. The molecule has 0 spiro atoms. The summed E-state index contributed by atoms with van der Waals surface area (Å²) in [5.41, 5.74) is 1.18. The molecule has 0 saturated carbocycles. The Balaban J connectivity index is 1.31. The Kier molecular flexibility index (Phi) is 5.03. The van der Waals surface area contributed by atoms with E-state index in [0.29, 0.717) is 31.9 Å². The van der Waals surface area contributed by atoms with Crippen molar-refractivity contribution >= 4 is 33.5 Å². The summed E-state index contributed by atoms with van der Waals surface area (Å²) in [6, 6.07) is 21.7. The molecule has 30 heavy (non-hydrogen) atoms. The van der Waals surface area contributed by atoms with E-state index in [4.69, 9.17) is 4.74 Å². The number of rotatable bonds is 3. The number of carbonyl (C=O) groups excluding carboxylic acids is 1. The molecule has 6 nitrogen and oxygen atoms in total. The van der Waals surface area contributed by atoms with Crippen LogP contribution in [0, 0.1) is 0 Å². The normalized spacial score (nSPS) is 14.1. The molecule has 1 saturated heterocycles. The molecule has 0 unspecified atom stereocenters. The maximum absolute atomic E-state index is 12.4. The molecule has 0 atom stereocenters. The summed E-state index contributed by atoms with van der Waals surface area (Å²) in [6.07, 6.45) is 1.31. The number of thiophene rings is 1. The van der Waals surface area contributed by atoms with Crippen LogP contribution >= 0.6 is 11.3 Å². The van der Waals surface area contributed by atoms with Crippen LogP contribution in [-0.4, -0.2) is 47.1 Å². The van der Waals surface area contributed by atoms with E-state index in [9.17, 15) is 4.79 Å². The molecule has 2 aromatic heterocycles. The van der Waals surface area contributed by atoms with E-state index in [1.54, 1.807) is 34.7 Å². The van der Waals surface area contributed by atoms with Crippen molar-refractivity contribution in [2.75, 3.05) is 31.1 Å². The second-order valence-electron chi connectivity index (χ2n) is 7.05. The van der Waals surface area contributed by atoms with Crippen LogP contribution in [0.15, 0.2) is 73.1 Å². The quantitative estimate of drug-likeness (QED) is 0.485. The number of carbonyl (C=O) groups is 1. The van der Waals surface area contributed by atoms with E-state index < -0.39 is 0 Å². The minimum absolute atomic E-state index is 0.310. The molecule has 1 aliphatic rings. The minimum Gasteiger partial charge on any atom is -0.410 e. The third-order valence-corrected chi connectivity index (χ3v) is 6.24. The van der Waals surface area contributed by atoms with Gasteiger partial charge in [-0.05, 0) is 23.8 Å². The highest BCUT2D eigenvalue weighted by Gasteiger charge is 2.25. The fourth-order valence-electron chi connectivity index (χ4n) is 3.59. The topological polar surface area (TPSA) is 58.6 Å². The Morgan fingerprint density at radius 2 is 1.60 bits per heavy atom. The number of piperazine rings is 1. The zero-order valence-electron chi connectivity index (χ0n) is 16.3. The van der Waals surface area contributed by atoms with Gasteiger partial charge in [-0.2, -0.15) is 0 Å². The molecule has 0 aliphatic carbocycles. The first-order chi connectivity index (χ1) is 14.8. The monoisotopic (exact) mass is 416 g/mol. The smallest absolute Gasteiger partial charge is 0.410 e. The van der Waals surface area contributed by atoms with E-state index in [0.717, 1.165) is 16.0 Å². The molecule has 0 N–H and O–H groups in total. The third kappa shape index (κ3) is 3.71. The van der Waals surface area contributed by atoms with Crippen LogP contribution < -0.4 is 9.64 Å². The van der Waals surface area contributed by atoms with Crippen molar-refractivity contribution < 1.29 is 9.53 Å². The number of hydrogen-bond acceptors (Lipinski definition) is 6. The number of anilines is 1. The number of ether oxygens (including phenoxy) is 1. The number of amides is 1. The molecule has 1 aliphatic heterocycles. The Morgan fingerprint density at radius 1 is 0.900 bits per heavy atom. The molecule has 7 heteroatoms. The highest BCUT2D eigenvalue weighted by Crippen LogP contribution is 2.36. The zero-order valence-corrected chi connectivity index (χ0v) is 17.1. The molecular formula is C23H20N4O2S. The van der Waals surface area contributed by atoms with Crippen LogP contribution in [0.25, 0.3) is 20.7 Å². The number of aromatic nitrogens is 2. The van der Waals surface area contributed by atoms with Crippen LogP contribution in [-0.2, 0) is 0 Å². The predicted molar refractivity (Wildman–Crippen MR) is 119 cm³/mol. The first-order valence-electron chi connectivity index (χ1n) is 9.85. The summed E-state index contributed by atoms with van der Waals surface area (Å²) in [5, 5.41) is 1.06. The van der Waals surface area contributed by atoms with E-state index in [-0.39, 0.29) is 6.09 Å². The van der Waals surface area contributed by atoms with Crippen LogP contribution in [0.5, 0.6) is 5.75 Å². The van der Waals surface area contributed by atoms with Crippen LogP contribution in [0.4, 0.5) is 10.6 Å². The van der Waals surface area contributed by atoms with Gasteiger partial charge < -0.3 is 14.5 Å². The minimum atomic E-state index is -0.310. The number of benzene rings is 2. The second-order valence-corrected chi connectivity index (χ2v) is 8.08. The summed E-state index contributed by atoms with van der Waals surface area (Å²) >= 11 is 1.67. The standard InChI is InChI=1S/C23H20N4O2S/c28-23(29-18-9-5-2-6-10-18)27-13-11-26(12-14-27)21-19-15-20(17-7-3-1-4-8-17)30-22(19)25-16-24-21/h1-10,15-16H,11-14H2. The fourth-order valence-corrected chi connectivity index (χ4v) is 4.59. The molecule has 0 radical (unpaired) electrons. The number of fused-ring (bicyclic) bond motifs is 1. The Labute approximate surface area is 178 Å². The molecule has 0 bridgehead atoms. The van der Waals surface area contributed by atoms with Gasteiger partial charge in [-0.3, -0.25) is 0 Å². The fraction of sp³-hybridized carbons (Fsp3) is 0.174. The van der Waals surface area contributed by atoms with Crippen molar-refractivity contribution in [2.24, 2.45) is 0 Å². The van der Waals surface area contributed by atoms with Gasteiger partial charge in [0.1, 0.15) is 22.7 Å². The molecule has 1 amide bonds.